The molecular formula is C18H15BrFN3O2. The predicted octanol–water partition coefficient (Wildman–Crippen LogP) is 4.18. The van der Waals surface area contributed by atoms with E-state index in [4.69, 9.17) is 4.74 Å². The van der Waals surface area contributed by atoms with Crippen LogP contribution in [0.3, 0.4) is 0 Å². The number of aromatic nitrogens is 2. The van der Waals surface area contributed by atoms with Gasteiger partial charge in [0.1, 0.15) is 11.6 Å². The number of carbonyl (C=O) groups excluding carboxylic acids is 1. The van der Waals surface area contributed by atoms with Gasteiger partial charge in [0.05, 0.1) is 10.2 Å². The highest BCUT2D eigenvalue weighted by molar-refractivity contribution is 9.10. The van der Waals surface area contributed by atoms with E-state index in [0.29, 0.717) is 16.0 Å². The molecule has 1 atom stereocenters. The molecule has 3 rings (SSSR count). The van der Waals surface area contributed by atoms with Gasteiger partial charge in [0.25, 0.3) is 5.91 Å². The van der Waals surface area contributed by atoms with E-state index in [1.54, 1.807) is 23.9 Å². The molecule has 0 saturated heterocycles. The van der Waals surface area contributed by atoms with Crippen LogP contribution in [-0.4, -0.2) is 21.8 Å². The van der Waals surface area contributed by atoms with Crippen LogP contribution in [0, 0.1) is 5.82 Å². The molecule has 0 aliphatic carbocycles. The summed E-state index contributed by atoms with van der Waals surface area (Å²) in [4.78, 5) is 12.3. The van der Waals surface area contributed by atoms with Crippen LogP contribution in [0.25, 0.3) is 5.69 Å². The minimum absolute atomic E-state index is 0.352. The first kappa shape index (κ1) is 17.2. The summed E-state index contributed by atoms with van der Waals surface area (Å²) in [5, 5.41) is 7.01. The van der Waals surface area contributed by atoms with Crippen molar-refractivity contribution in [2.24, 2.45) is 0 Å². The van der Waals surface area contributed by atoms with Crippen LogP contribution in [0.4, 0.5) is 10.2 Å². The van der Waals surface area contributed by atoms with Crippen molar-refractivity contribution in [2.75, 3.05) is 5.32 Å². The van der Waals surface area contributed by atoms with Crippen molar-refractivity contribution in [3.8, 4) is 11.4 Å². The summed E-state index contributed by atoms with van der Waals surface area (Å²) in [6.45, 7) is 1.61. The number of hydrogen-bond donors (Lipinski definition) is 1. The first-order valence-corrected chi connectivity index (χ1v) is 8.36. The highest BCUT2D eigenvalue weighted by Gasteiger charge is 2.17. The molecule has 0 aliphatic heterocycles. The molecule has 0 fully saturated rings. The maximum atomic E-state index is 13.1. The standard InChI is InChI=1S/C18H15BrFN3O2/c1-12(25-16-8-7-13(20)11-15(16)19)18(24)21-17-9-10-23(22-17)14-5-3-2-4-6-14/h2-12H,1H3,(H,21,22,24). The Bertz CT molecular complexity index is 883. The van der Waals surface area contributed by atoms with Gasteiger partial charge in [0.15, 0.2) is 11.9 Å². The van der Waals surface area contributed by atoms with E-state index >= 15 is 0 Å². The molecule has 0 radical (unpaired) electrons. The zero-order valence-corrected chi connectivity index (χ0v) is 14.9. The van der Waals surface area contributed by atoms with Crippen molar-refractivity contribution in [3.05, 3.63) is 71.1 Å². The molecule has 0 bridgehead atoms. The van der Waals surface area contributed by atoms with Crippen molar-refractivity contribution in [1.82, 2.24) is 9.78 Å². The molecule has 0 saturated carbocycles. The molecular weight excluding hydrogens is 389 g/mol. The molecule has 0 aliphatic rings. The molecule has 2 aromatic carbocycles. The predicted molar refractivity (Wildman–Crippen MR) is 96.4 cm³/mol. The third kappa shape index (κ3) is 4.24. The Morgan fingerprint density at radius 2 is 2.00 bits per heavy atom. The number of hydrogen-bond acceptors (Lipinski definition) is 3. The summed E-state index contributed by atoms with van der Waals surface area (Å²) in [5.74, 6) is 0.0682. The molecule has 1 heterocycles. The summed E-state index contributed by atoms with van der Waals surface area (Å²) in [5.41, 5.74) is 0.891. The molecule has 1 N–H and O–H groups in total. The second kappa shape index (κ2) is 7.48. The number of rotatable bonds is 5. The maximum absolute atomic E-state index is 13.1. The number of nitrogens with one attached hydrogen (secondary N) is 1. The fourth-order valence-electron chi connectivity index (χ4n) is 2.16. The Morgan fingerprint density at radius 1 is 1.24 bits per heavy atom. The lowest BCUT2D eigenvalue weighted by molar-refractivity contribution is -0.122. The Balaban J connectivity index is 1.65. The molecule has 7 heteroatoms. The van der Waals surface area contributed by atoms with Crippen LogP contribution < -0.4 is 10.1 Å². The largest absolute Gasteiger partial charge is 0.480 e. The molecule has 5 nitrogen and oxygen atoms in total. The van der Waals surface area contributed by atoms with E-state index in [2.05, 4.69) is 26.3 Å². The molecule has 3 aromatic rings. The topological polar surface area (TPSA) is 56.1 Å². The van der Waals surface area contributed by atoms with Crippen LogP contribution in [0.2, 0.25) is 0 Å². The van der Waals surface area contributed by atoms with Gasteiger partial charge >= 0.3 is 0 Å². The quantitative estimate of drug-likeness (QED) is 0.694. The third-order valence-electron chi connectivity index (χ3n) is 3.43. The molecule has 1 amide bonds. The molecule has 1 aromatic heterocycles. The molecule has 25 heavy (non-hydrogen) atoms. The summed E-state index contributed by atoms with van der Waals surface area (Å²) >= 11 is 3.21. The van der Waals surface area contributed by atoms with Gasteiger partial charge in [-0.15, -0.1) is 0 Å². The normalized spacial score (nSPS) is 11.8. The zero-order valence-electron chi connectivity index (χ0n) is 13.3. The number of nitrogens with zero attached hydrogens (tertiary/aromatic N) is 2. The van der Waals surface area contributed by atoms with Gasteiger partial charge in [0, 0.05) is 12.3 Å². The monoisotopic (exact) mass is 403 g/mol. The minimum atomic E-state index is -0.774. The Morgan fingerprint density at radius 3 is 2.72 bits per heavy atom. The highest BCUT2D eigenvalue weighted by atomic mass is 79.9. The lowest BCUT2D eigenvalue weighted by Gasteiger charge is -2.15. The zero-order chi connectivity index (χ0) is 17.8. The second-order valence-electron chi connectivity index (χ2n) is 5.31. The van der Waals surface area contributed by atoms with Crippen molar-refractivity contribution in [3.63, 3.8) is 0 Å². The van der Waals surface area contributed by atoms with E-state index < -0.39 is 6.10 Å². The maximum Gasteiger partial charge on any atom is 0.266 e. The Labute approximate surface area is 152 Å². The SMILES string of the molecule is CC(Oc1ccc(F)cc1Br)C(=O)Nc1ccn(-c2ccccc2)n1. The first-order valence-electron chi connectivity index (χ1n) is 7.56. The number of carbonyl (C=O) groups is 1. The summed E-state index contributed by atoms with van der Waals surface area (Å²) in [7, 11) is 0. The number of halogens is 2. The van der Waals surface area contributed by atoms with Crippen LogP contribution in [-0.2, 0) is 4.79 Å². The summed E-state index contributed by atoms with van der Waals surface area (Å²) in [6, 6.07) is 15.3. The smallest absolute Gasteiger partial charge is 0.266 e. The van der Waals surface area contributed by atoms with Crippen LogP contribution >= 0.6 is 15.9 Å². The van der Waals surface area contributed by atoms with E-state index in [1.807, 2.05) is 30.3 Å². The fraction of sp³-hybridized carbons (Fsp3) is 0.111. The lowest BCUT2D eigenvalue weighted by atomic mass is 10.3. The number of amides is 1. The van der Waals surface area contributed by atoms with Crippen molar-refractivity contribution < 1.29 is 13.9 Å². The van der Waals surface area contributed by atoms with Crippen molar-refractivity contribution >= 4 is 27.7 Å². The molecule has 128 valence electrons. The van der Waals surface area contributed by atoms with Gasteiger partial charge in [-0.05, 0) is 53.2 Å². The lowest BCUT2D eigenvalue weighted by Crippen LogP contribution is -2.30. The van der Waals surface area contributed by atoms with Gasteiger partial charge < -0.3 is 10.1 Å². The van der Waals surface area contributed by atoms with E-state index in [9.17, 15) is 9.18 Å². The Hall–Kier alpha value is -2.67. The summed E-state index contributed by atoms with van der Waals surface area (Å²) in [6.07, 6.45) is 0.983. The first-order chi connectivity index (χ1) is 12.0. The third-order valence-corrected chi connectivity index (χ3v) is 4.05. The number of benzene rings is 2. The average Bonchev–Trinajstić information content (AvgIpc) is 3.06. The molecule has 0 spiro atoms. The van der Waals surface area contributed by atoms with Crippen LogP contribution in [0.15, 0.2) is 65.3 Å². The van der Waals surface area contributed by atoms with E-state index in [0.717, 1.165) is 5.69 Å². The average molecular weight is 404 g/mol. The highest BCUT2D eigenvalue weighted by Crippen LogP contribution is 2.26. The Kier molecular flexibility index (Phi) is 5.14. The van der Waals surface area contributed by atoms with Gasteiger partial charge in [-0.3, -0.25) is 4.79 Å². The van der Waals surface area contributed by atoms with E-state index in [1.165, 1.54) is 18.2 Å². The van der Waals surface area contributed by atoms with Gasteiger partial charge in [-0.25, -0.2) is 9.07 Å². The number of ether oxygens (including phenoxy) is 1. The number of anilines is 1. The van der Waals surface area contributed by atoms with Crippen LogP contribution in [0.5, 0.6) is 5.75 Å². The summed E-state index contributed by atoms with van der Waals surface area (Å²) < 4.78 is 20.8. The van der Waals surface area contributed by atoms with E-state index in [-0.39, 0.29) is 11.7 Å². The van der Waals surface area contributed by atoms with Gasteiger partial charge in [-0.1, -0.05) is 18.2 Å². The van der Waals surface area contributed by atoms with Crippen molar-refractivity contribution in [1.29, 1.82) is 0 Å². The molecule has 1 unspecified atom stereocenters. The number of para-hydroxylation sites is 1. The van der Waals surface area contributed by atoms with Gasteiger partial charge in [0.2, 0.25) is 0 Å². The minimum Gasteiger partial charge on any atom is -0.480 e. The fourth-order valence-corrected chi connectivity index (χ4v) is 2.60. The van der Waals surface area contributed by atoms with Gasteiger partial charge in [-0.2, -0.15) is 5.10 Å². The van der Waals surface area contributed by atoms with Crippen LogP contribution in [0.1, 0.15) is 6.92 Å². The second-order valence-corrected chi connectivity index (χ2v) is 6.16. The van der Waals surface area contributed by atoms with Crippen molar-refractivity contribution in [2.45, 2.75) is 13.0 Å².